The Bertz CT molecular complexity index is 447. The third-order valence-electron chi connectivity index (χ3n) is 3.54. The Morgan fingerprint density at radius 2 is 2.00 bits per heavy atom. The summed E-state index contributed by atoms with van der Waals surface area (Å²) in [6.07, 6.45) is 1.41. The number of aromatic carboxylic acids is 1. The van der Waals surface area contributed by atoms with Gasteiger partial charge in [-0.15, -0.1) is 0 Å². The molecule has 112 valence electrons. The maximum atomic E-state index is 13.5. The standard InChI is InChI=1S/C15H22FNO3/c1-3-11(4-2)14(18)9-17-8-10-5-6-12(15(19)20)13(16)7-10/h5-7,11,14,17-18H,3-4,8-9H2,1-2H3,(H,19,20). The minimum absolute atomic E-state index is 0.258. The summed E-state index contributed by atoms with van der Waals surface area (Å²) in [5.74, 6) is -1.75. The molecule has 1 atom stereocenters. The predicted molar refractivity (Wildman–Crippen MR) is 75.1 cm³/mol. The number of benzene rings is 1. The van der Waals surface area contributed by atoms with Crippen molar-refractivity contribution in [2.24, 2.45) is 5.92 Å². The van der Waals surface area contributed by atoms with E-state index in [0.29, 0.717) is 18.7 Å². The van der Waals surface area contributed by atoms with Gasteiger partial charge in [-0.2, -0.15) is 0 Å². The lowest BCUT2D eigenvalue weighted by atomic mass is 9.96. The molecule has 0 aliphatic carbocycles. The molecule has 0 aromatic heterocycles. The maximum absolute atomic E-state index is 13.5. The van der Waals surface area contributed by atoms with E-state index in [4.69, 9.17) is 5.11 Å². The summed E-state index contributed by atoms with van der Waals surface area (Å²) < 4.78 is 13.5. The number of carboxylic acid groups (broad SMARTS) is 1. The molecule has 0 saturated carbocycles. The number of hydrogen-bond donors (Lipinski definition) is 3. The van der Waals surface area contributed by atoms with Crippen molar-refractivity contribution in [3.8, 4) is 0 Å². The molecule has 1 aromatic carbocycles. The minimum Gasteiger partial charge on any atom is -0.478 e. The molecule has 1 unspecified atom stereocenters. The van der Waals surface area contributed by atoms with Crippen molar-refractivity contribution >= 4 is 5.97 Å². The largest absolute Gasteiger partial charge is 0.478 e. The zero-order valence-electron chi connectivity index (χ0n) is 11.9. The lowest BCUT2D eigenvalue weighted by Gasteiger charge is -2.20. The number of aliphatic hydroxyl groups is 1. The van der Waals surface area contributed by atoms with Crippen molar-refractivity contribution in [1.82, 2.24) is 5.32 Å². The molecule has 0 aliphatic rings. The van der Waals surface area contributed by atoms with Crippen LogP contribution in [-0.4, -0.2) is 28.8 Å². The average molecular weight is 283 g/mol. The van der Waals surface area contributed by atoms with Gasteiger partial charge in [-0.1, -0.05) is 32.8 Å². The van der Waals surface area contributed by atoms with Crippen LogP contribution in [0, 0.1) is 11.7 Å². The van der Waals surface area contributed by atoms with Crippen LogP contribution in [-0.2, 0) is 6.54 Å². The highest BCUT2D eigenvalue weighted by atomic mass is 19.1. The first-order valence-corrected chi connectivity index (χ1v) is 6.90. The van der Waals surface area contributed by atoms with Gasteiger partial charge in [0.05, 0.1) is 11.7 Å². The van der Waals surface area contributed by atoms with Crippen LogP contribution in [0.15, 0.2) is 18.2 Å². The quantitative estimate of drug-likeness (QED) is 0.685. The topological polar surface area (TPSA) is 69.6 Å². The van der Waals surface area contributed by atoms with Crippen LogP contribution < -0.4 is 5.32 Å². The van der Waals surface area contributed by atoms with Gasteiger partial charge in [0.15, 0.2) is 0 Å². The Labute approximate surface area is 118 Å². The lowest BCUT2D eigenvalue weighted by Crippen LogP contribution is -2.32. The van der Waals surface area contributed by atoms with Gasteiger partial charge in [-0.05, 0) is 23.6 Å². The second-order valence-corrected chi connectivity index (χ2v) is 4.89. The zero-order chi connectivity index (χ0) is 15.1. The van der Waals surface area contributed by atoms with Crippen LogP contribution in [0.3, 0.4) is 0 Å². The summed E-state index contributed by atoms with van der Waals surface area (Å²) in [4.78, 5) is 10.7. The van der Waals surface area contributed by atoms with Crippen LogP contribution in [0.1, 0.15) is 42.6 Å². The van der Waals surface area contributed by atoms with Crippen molar-refractivity contribution in [1.29, 1.82) is 0 Å². The Morgan fingerprint density at radius 3 is 2.50 bits per heavy atom. The van der Waals surface area contributed by atoms with Crippen molar-refractivity contribution in [3.05, 3.63) is 35.1 Å². The molecule has 5 heteroatoms. The van der Waals surface area contributed by atoms with E-state index in [2.05, 4.69) is 5.32 Å². The molecule has 0 fully saturated rings. The van der Waals surface area contributed by atoms with E-state index in [1.54, 1.807) is 6.07 Å². The molecule has 0 saturated heterocycles. The summed E-state index contributed by atoms with van der Waals surface area (Å²) in [5, 5.41) is 21.7. The summed E-state index contributed by atoms with van der Waals surface area (Å²) >= 11 is 0. The molecule has 1 rings (SSSR count). The summed E-state index contributed by atoms with van der Waals surface area (Å²) in [7, 11) is 0. The highest BCUT2D eigenvalue weighted by Crippen LogP contribution is 2.13. The van der Waals surface area contributed by atoms with E-state index in [9.17, 15) is 14.3 Å². The van der Waals surface area contributed by atoms with Crippen molar-refractivity contribution in [2.45, 2.75) is 39.3 Å². The molecule has 0 spiro atoms. The van der Waals surface area contributed by atoms with Crippen LogP contribution >= 0.6 is 0 Å². The second-order valence-electron chi connectivity index (χ2n) is 4.89. The molecule has 4 nitrogen and oxygen atoms in total. The fourth-order valence-corrected chi connectivity index (χ4v) is 2.21. The molecular weight excluding hydrogens is 261 g/mol. The van der Waals surface area contributed by atoms with E-state index in [1.165, 1.54) is 12.1 Å². The van der Waals surface area contributed by atoms with Gasteiger partial charge >= 0.3 is 5.97 Å². The molecule has 3 N–H and O–H groups in total. The minimum atomic E-state index is -1.27. The zero-order valence-corrected chi connectivity index (χ0v) is 11.9. The number of nitrogens with one attached hydrogen (secondary N) is 1. The Balaban J connectivity index is 2.50. The smallest absolute Gasteiger partial charge is 0.338 e. The predicted octanol–water partition coefficient (Wildman–Crippen LogP) is 2.41. The average Bonchev–Trinajstić information content (AvgIpc) is 2.39. The Morgan fingerprint density at radius 1 is 1.35 bits per heavy atom. The Hall–Kier alpha value is -1.46. The van der Waals surface area contributed by atoms with Gasteiger partial charge in [0.1, 0.15) is 5.82 Å². The van der Waals surface area contributed by atoms with E-state index in [1.807, 2.05) is 13.8 Å². The monoisotopic (exact) mass is 283 g/mol. The van der Waals surface area contributed by atoms with Crippen LogP contribution in [0.5, 0.6) is 0 Å². The number of hydrogen-bond acceptors (Lipinski definition) is 3. The number of carbonyl (C=O) groups is 1. The SMILES string of the molecule is CCC(CC)C(O)CNCc1ccc(C(=O)O)c(F)c1. The van der Waals surface area contributed by atoms with Crippen molar-refractivity contribution in [2.75, 3.05) is 6.54 Å². The van der Waals surface area contributed by atoms with Gasteiger partial charge in [-0.3, -0.25) is 0 Å². The summed E-state index contributed by atoms with van der Waals surface area (Å²) in [6.45, 7) is 4.91. The van der Waals surface area contributed by atoms with E-state index in [0.717, 1.165) is 12.8 Å². The number of rotatable bonds is 8. The Kier molecular flexibility index (Phi) is 6.61. The summed E-state index contributed by atoms with van der Waals surface area (Å²) in [6, 6.07) is 4.04. The first kappa shape index (κ1) is 16.6. The van der Waals surface area contributed by atoms with Gasteiger partial charge in [0.25, 0.3) is 0 Å². The van der Waals surface area contributed by atoms with Crippen molar-refractivity contribution < 1.29 is 19.4 Å². The van der Waals surface area contributed by atoms with Crippen molar-refractivity contribution in [3.63, 3.8) is 0 Å². The highest BCUT2D eigenvalue weighted by Gasteiger charge is 2.15. The fraction of sp³-hybridized carbons (Fsp3) is 0.533. The van der Waals surface area contributed by atoms with Gasteiger partial charge in [0.2, 0.25) is 0 Å². The molecular formula is C15H22FNO3. The maximum Gasteiger partial charge on any atom is 0.338 e. The molecule has 0 amide bonds. The van der Waals surface area contributed by atoms with E-state index < -0.39 is 17.9 Å². The number of halogens is 1. The summed E-state index contributed by atoms with van der Waals surface area (Å²) in [5.41, 5.74) is 0.329. The molecule has 0 heterocycles. The molecule has 20 heavy (non-hydrogen) atoms. The first-order valence-electron chi connectivity index (χ1n) is 6.90. The first-order chi connectivity index (χ1) is 9.49. The van der Waals surface area contributed by atoms with E-state index >= 15 is 0 Å². The second kappa shape index (κ2) is 7.97. The highest BCUT2D eigenvalue weighted by molar-refractivity contribution is 5.87. The molecule has 0 radical (unpaired) electrons. The van der Waals surface area contributed by atoms with Gasteiger partial charge < -0.3 is 15.5 Å². The van der Waals surface area contributed by atoms with Crippen LogP contribution in [0.2, 0.25) is 0 Å². The van der Waals surface area contributed by atoms with Gasteiger partial charge in [0, 0.05) is 13.1 Å². The normalized spacial score (nSPS) is 12.7. The third kappa shape index (κ3) is 4.58. The van der Waals surface area contributed by atoms with Crippen LogP contribution in [0.25, 0.3) is 0 Å². The number of aliphatic hydroxyl groups excluding tert-OH is 1. The number of carboxylic acids is 1. The molecule has 0 bridgehead atoms. The van der Waals surface area contributed by atoms with Gasteiger partial charge in [-0.25, -0.2) is 9.18 Å². The molecule has 1 aromatic rings. The lowest BCUT2D eigenvalue weighted by molar-refractivity contribution is 0.0692. The molecule has 0 aliphatic heterocycles. The fourth-order valence-electron chi connectivity index (χ4n) is 2.21. The third-order valence-corrected chi connectivity index (χ3v) is 3.54. The van der Waals surface area contributed by atoms with E-state index in [-0.39, 0.29) is 11.5 Å². The van der Waals surface area contributed by atoms with Crippen LogP contribution in [0.4, 0.5) is 4.39 Å².